The monoisotopic (exact) mass is 253 g/mol. The lowest BCUT2D eigenvalue weighted by molar-refractivity contribution is 0.0926. The zero-order chi connectivity index (χ0) is 12.8. The van der Waals surface area contributed by atoms with Gasteiger partial charge in [0.05, 0.1) is 18.8 Å². The lowest BCUT2D eigenvalue weighted by atomic mass is 10.2. The van der Waals surface area contributed by atoms with Crippen LogP contribution in [0.15, 0.2) is 18.2 Å². The molecule has 1 N–H and O–H groups in total. The van der Waals surface area contributed by atoms with Crippen molar-refractivity contribution in [2.45, 2.75) is 20.8 Å². The van der Waals surface area contributed by atoms with Crippen LogP contribution in [0.4, 0.5) is 0 Å². The summed E-state index contributed by atoms with van der Waals surface area (Å²) in [6.45, 7) is 11.2. The quantitative estimate of drug-likeness (QED) is 0.625. The molecule has 94 valence electrons. The minimum absolute atomic E-state index is 0.0224. The van der Waals surface area contributed by atoms with Crippen LogP contribution in [0.2, 0.25) is 0 Å². The van der Waals surface area contributed by atoms with Gasteiger partial charge >= 0.3 is 0 Å². The number of ether oxygens (including phenoxy) is 1. The lowest BCUT2D eigenvalue weighted by Gasteiger charge is -2.05. The van der Waals surface area contributed by atoms with E-state index in [1.807, 2.05) is 26.8 Å². The number of amides is 1. The highest BCUT2D eigenvalue weighted by molar-refractivity contribution is 7.12. The Morgan fingerprint density at radius 1 is 1.53 bits per heavy atom. The van der Waals surface area contributed by atoms with E-state index in [1.54, 1.807) is 11.3 Å². The van der Waals surface area contributed by atoms with E-state index in [0.717, 1.165) is 20.9 Å². The van der Waals surface area contributed by atoms with Crippen LogP contribution >= 0.6 is 11.3 Å². The normalized spacial score (nSPS) is 10.3. The first kappa shape index (κ1) is 13.9. The third-order valence-electron chi connectivity index (χ3n) is 2.17. The second-order valence-corrected chi connectivity index (χ2v) is 5.55. The Hall–Kier alpha value is -1.13. The molecular formula is C13H19NO2S. The van der Waals surface area contributed by atoms with Crippen molar-refractivity contribution in [2.24, 2.45) is 0 Å². The summed E-state index contributed by atoms with van der Waals surface area (Å²) in [4.78, 5) is 14.0. The van der Waals surface area contributed by atoms with Gasteiger partial charge < -0.3 is 10.1 Å². The minimum Gasteiger partial charge on any atom is -0.375 e. The summed E-state index contributed by atoms with van der Waals surface area (Å²) in [6.07, 6.45) is 0. The summed E-state index contributed by atoms with van der Waals surface area (Å²) in [6, 6.07) is 1.92. The minimum atomic E-state index is -0.0224. The van der Waals surface area contributed by atoms with Crippen LogP contribution in [0.5, 0.6) is 0 Å². The van der Waals surface area contributed by atoms with Gasteiger partial charge in [-0.25, -0.2) is 0 Å². The van der Waals surface area contributed by atoms with Gasteiger partial charge in [0.15, 0.2) is 0 Å². The van der Waals surface area contributed by atoms with Crippen LogP contribution in [0.3, 0.4) is 0 Å². The first-order valence-corrected chi connectivity index (χ1v) is 6.39. The Kier molecular flexibility index (Phi) is 5.38. The molecule has 17 heavy (non-hydrogen) atoms. The summed E-state index contributed by atoms with van der Waals surface area (Å²) in [5.41, 5.74) is 1.76. The molecule has 3 nitrogen and oxygen atoms in total. The summed E-state index contributed by atoms with van der Waals surface area (Å²) in [5.74, 6) is -0.0224. The van der Waals surface area contributed by atoms with Gasteiger partial charge in [-0.05, 0) is 26.8 Å². The average Bonchev–Trinajstić information content (AvgIpc) is 2.56. The Labute approximate surface area is 106 Å². The van der Waals surface area contributed by atoms with E-state index in [2.05, 4.69) is 11.9 Å². The van der Waals surface area contributed by atoms with E-state index in [4.69, 9.17) is 4.74 Å². The average molecular weight is 253 g/mol. The molecular weight excluding hydrogens is 234 g/mol. The zero-order valence-corrected chi connectivity index (χ0v) is 11.4. The van der Waals surface area contributed by atoms with Gasteiger partial charge in [-0.1, -0.05) is 12.2 Å². The Bertz CT molecular complexity index is 410. The highest BCUT2D eigenvalue weighted by atomic mass is 32.1. The zero-order valence-electron chi connectivity index (χ0n) is 10.6. The fourth-order valence-electron chi connectivity index (χ4n) is 1.43. The number of hydrogen-bond donors (Lipinski definition) is 1. The van der Waals surface area contributed by atoms with E-state index < -0.39 is 0 Å². The first-order valence-electron chi connectivity index (χ1n) is 5.58. The highest BCUT2D eigenvalue weighted by Crippen LogP contribution is 2.20. The molecule has 0 bridgehead atoms. The van der Waals surface area contributed by atoms with E-state index in [0.29, 0.717) is 19.8 Å². The molecule has 0 aliphatic carbocycles. The van der Waals surface area contributed by atoms with Crippen LogP contribution in [0.1, 0.15) is 27.0 Å². The van der Waals surface area contributed by atoms with E-state index >= 15 is 0 Å². The maximum absolute atomic E-state index is 11.8. The van der Waals surface area contributed by atoms with Gasteiger partial charge in [0.1, 0.15) is 0 Å². The molecule has 0 unspecified atom stereocenters. The van der Waals surface area contributed by atoms with Gasteiger partial charge in [0, 0.05) is 16.3 Å². The molecule has 0 atom stereocenters. The molecule has 0 saturated heterocycles. The number of hydrogen-bond acceptors (Lipinski definition) is 3. The summed E-state index contributed by atoms with van der Waals surface area (Å²) >= 11 is 1.64. The molecule has 0 spiro atoms. The van der Waals surface area contributed by atoms with Crippen molar-refractivity contribution in [1.82, 2.24) is 5.32 Å². The number of carbonyl (C=O) groups is 1. The lowest BCUT2D eigenvalue weighted by Crippen LogP contribution is -2.27. The Morgan fingerprint density at radius 3 is 2.76 bits per heavy atom. The van der Waals surface area contributed by atoms with Crippen LogP contribution in [0.25, 0.3) is 0 Å². The van der Waals surface area contributed by atoms with Crippen LogP contribution in [0, 0.1) is 13.8 Å². The number of thiophene rings is 1. The number of rotatable bonds is 6. The predicted octanol–water partition coefficient (Wildman–Crippen LogP) is 2.69. The van der Waals surface area contributed by atoms with Gasteiger partial charge in [-0.2, -0.15) is 0 Å². The maximum Gasteiger partial charge on any atom is 0.252 e. The predicted molar refractivity (Wildman–Crippen MR) is 71.8 cm³/mol. The van der Waals surface area contributed by atoms with Crippen molar-refractivity contribution in [1.29, 1.82) is 0 Å². The van der Waals surface area contributed by atoms with E-state index in [-0.39, 0.29) is 5.91 Å². The molecule has 0 fully saturated rings. The molecule has 1 aromatic heterocycles. The highest BCUT2D eigenvalue weighted by Gasteiger charge is 2.10. The molecule has 1 heterocycles. The number of carbonyl (C=O) groups excluding carboxylic acids is 1. The SMILES string of the molecule is C=C(C)COCCNC(=O)c1cc(C)sc1C. The summed E-state index contributed by atoms with van der Waals surface area (Å²) < 4.78 is 5.31. The van der Waals surface area contributed by atoms with Crippen LogP contribution in [-0.4, -0.2) is 25.7 Å². The van der Waals surface area contributed by atoms with Crippen molar-refractivity contribution in [3.8, 4) is 0 Å². The Balaban J connectivity index is 2.30. The molecule has 1 amide bonds. The molecule has 4 heteroatoms. The largest absolute Gasteiger partial charge is 0.375 e. The second-order valence-electron chi connectivity index (χ2n) is 4.09. The second kappa shape index (κ2) is 6.57. The number of aryl methyl sites for hydroxylation is 2. The molecule has 0 aliphatic rings. The maximum atomic E-state index is 11.8. The van der Waals surface area contributed by atoms with Gasteiger partial charge in [-0.3, -0.25) is 4.79 Å². The fourth-order valence-corrected chi connectivity index (χ4v) is 2.36. The number of nitrogens with one attached hydrogen (secondary N) is 1. The Morgan fingerprint density at radius 2 is 2.24 bits per heavy atom. The van der Waals surface area contributed by atoms with E-state index in [1.165, 1.54) is 0 Å². The standard InChI is InChI=1S/C13H19NO2S/c1-9(2)8-16-6-5-14-13(15)12-7-10(3)17-11(12)4/h7H,1,5-6,8H2,2-4H3,(H,14,15). The van der Waals surface area contributed by atoms with Crippen molar-refractivity contribution < 1.29 is 9.53 Å². The molecule has 1 aromatic rings. The van der Waals surface area contributed by atoms with Crippen LogP contribution in [-0.2, 0) is 4.74 Å². The van der Waals surface area contributed by atoms with Crippen molar-refractivity contribution >= 4 is 17.2 Å². The molecule has 0 radical (unpaired) electrons. The van der Waals surface area contributed by atoms with Crippen molar-refractivity contribution in [3.05, 3.63) is 33.5 Å². The smallest absolute Gasteiger partial charge is 0.252 e. The van der Waals surface area contributed by atoms with Gasteiger partial charge in [0.25, 0.3) is 5.91 Å². The molecule has 1 rings (SSSR count). The van der Waals surface area contributed by atoms with Crippen LogP contribution < -0.4 is 5.32 Å². The molecule has 0 aromatic carbocycles. The van der Waals surface area contributed by atoms with E-state index in [9.17, 15) is 4.79 Å². The molecule has 0 aliphatic heterocycles. The third-order valence-corrected chi connectivity index (χ3v) is 3.13. The summed E-state index contributed by atoms with van der Waals surface area (Å²) in [7, 11) is 0. The van der Waals surface area contributed by atoms with Gasteiger partial charge in [0.2, 0.25) is 0 Å². The first-order chi connectivity index (χ1) is 8.00. The molecule has 0 saturated carbocycles. The van der Waals surface area contributed by atoms with Gasteiger partial charge in [-0.15, -0.1) is 11.3 Å². The topological polar surface area (TPSA) is 38.3 Å². The third kappa shape index (κ3) is 4.71. The van der Waals surface area contributed by atoms with Crippen molar-refractivity contribution in [2.75, 3.05) is 19.8 Å². The fraction of sp³-hybridized carbons (Fsp3) is 0.462. The van der Waals surface area contributed by atoms with Crippen molar-refractivity contribution in [3.63, 3.8) is 0 Å². The summed E-state index contributed by atoms with van der Waals surface area (Å²) in [5, 5.41) is 2.84.